The molecule has 2 aromatic rings. The Balaban J connectivity index is 1.97. The van der Waals surface area contributed by atoms with Gasteiger partial charge in [0.1, 0.15) is 0 Å². The van der Waals surface area contributed by atoms with E-state index in [0.717, 1.165) is 17.7 Å². The Labute approximate surface area is 142 Å². The smallest absolute Gasteiger partial charge is 0.319 e. The van der Waals surface area contributed by atoms with Gasteiger partial charge in [0.05, 0.1) is 12.6 Å². The highest BCUT2D eigenvalue weighted by Crippen LogP contribution is 2.18. The standard InChI is InChI=1S/C18H24N4O2/c1-12(2)10-16(11-23)22-18(24)21-15-6-4-14(5-7-15)17-19-9-8-13(3)20-17/h4-9,12,16,23H,10-11H2,1-3H3,(H2,21,22,24)/t16-/m0/s1. The number of aliphatic hydroxyl groups excluding tert-OH is 1. The molecular formula is C18H24N4O2. The van der Waals surface area contributed by atoms with Gasteiger partial charge in [0.2, 0.25) is 0 Å². The van der Waals surface area contributed by atoms with Crippen molar-refractivity contribution in [2.75, 3.05) is 11.9 Å². The summed E-state index contributed by atoms with van der Waals surface area (Å²) in [6.07, 6.45) is 2.45. The number of benzene rings is 1. The summed E-state index contributed by atoms with van der Waals surface area (Å²) in [5, 5.41) is 14.9. The molecule has 1 heterocycles. The molecule has 2 amide bonds. The number of carbonyl (C=O) groups excluding carboxylic acids is 1. The molecule has 0 aliphatic rings. The molecule has 24 heavy (non-hydrogen) atoms. The van der Waals surface area contributed by atoms with Gasteiger partial charge >= 0.3 is 6.03 Å². The van der Waals surface area contributed by atoms with Crippen molar-refractivity contribution in [1.29, 1.82) is 0 Å². The Kier molecular flexibility index (Phi) is 6.26. The van der Waals surface area contributed by atoms with E-state index in [1.165, 1.54) is 0 Å². The fourth-order valence-electron chi connectivity index (χ4n) is 2.39. The number of amides is 2. The van der Waals surface area contributed by atoms with Crippen LogP contribution in [0.25, 0.3) is 11.4 Å². The number of urea groups is 1. The average Bonchev–Trinajstić information content (AvgIpc) is 2.54. The predicted octanol–water partition coefficient (Wildman–Crippen LogP) is 2.98. The summed E-state index contributed by atoms with van der Waals surface area (Å²) in [6.45, 7) is 5.94. The minimum Gasteiger partial charge on any atom is -0.394 e. The van der Waals surface area contributed by atoms with Crippen LogP contribution >= 0.6 is 0 Å². The Bertz CT molecular complexity index is 671. The van der Waals surface area contributed by atoms with Crippen molar-refractivity contribution >= 4 is 11.7 Å². The lowest BCUT2D eigenvalue weighted by Crippen LogP contribution is -2.40. The molecule has 1 aromatic carbocycles. The first kappa shape index (κ1) is 17.9. The molecule has 0 unspecified atom stereocenters. The lowest BCUT2D eigenvalue weighted by atomic mass is 10.0. The highest BCUT2D eigenvalue weighted by molar-refractivity contribution is 5.89. The normalized spacial score (nSPS) is 12.0. The van der Waals surface area contributed by atoms with Crippen molar-refractivity contribution in [3.05, 3.63) is 42.2 Å². The van der Waals surface area contributed by atoms with Gasteiger partial charge in [-0.25, -0.2) is 14.8 Å². The first-order chi connectivity index (χ1) is 11.5. The van der Waals surface area contributed by atoms with Gasteiger partial charge in [0.15, 0.2) is 5.82 Å². The van der Waals surface area contributed by atoms with Gasteiger partial charge in [-0.2, -0.15) is 0 Å². The van der Waals surface area contributed by atoms with E-state index in [-0.39, 0.29) is 18.7 Å². The van der Waals surface area contributed by atoms with Gasteiger partial charge in [-0.15, -0.1) is 0 Å². The van der Waals surface area contributed by atoms with E-state index in [9.17, 15) is 9.90 Å². The zero-order valence-electron chi connectivity index (χ0n) is 14.3. The fraction of sp³-hybridized carbons (Fsp3) is 0.389. The van der Waals surface area contributed by atoms with Crippen molar-refractivity contribution in [3.63, 3.8) is 0 Å². The lowest BCUT2D eigenvalue weighted by molar-refractivity contribution is 0.214. The molecule has 0 saturated heterocycles. The number of nitrogens with one attached hydrogen (secondary N) is 2. The summed E-state index contributed by atoms with van der Waals surface area (Å²) in [5.41, 5.74) is 2.46. The van der Waals surface area contributed by atoms with Gasteiger partial charge in [0, 0.05) is 23.1 Å². The van der Waals surface area contributed by atoms with Crippen LogP contribution in [0.15, 0.2) is 36.5 Å². The maximum Gasteiger partial charge on any atom is 0.319 e. The van der Waals surface area contributed by atoms with E-state index in [0.29, 0.717) is 17.4 Å². The van der Waals surface area contributed by atoms with Crippen LogP contribution in [-0.4, -0.2) is 33.8 Å². The Hall–Kier alpha value is -2.47. The van der Waals surface area contributed by atoms with Crippen LogP contribution in [0.1, 0.15) is 26.0 Å². The monoisotopic (exact) mass is 328 g/mol. The van der Waals surface area contributed by atoms with Crippen LogP contribution in [-0.2, 0) is 0 Å². The highest BCUT2D eigenvalue weighted by Gasteiger charge is 2.13. The molecular weight excluding hydrogens is 304 g/mol. The summed E-state index contributed by atoms with van der Waals surface area (Å²) in [7, 11) is 0. The largest absolute Gasteiger partial charge is 0.394 e. The third-order valence-corrected chi connectivity index (χ3v) is 3.51. The second-order valence-corrected chi connectivity index (χ2v) is 6.21. The minimum atomic E-state index is -0.325. The first-order valence-electron chi connectivity index (χ1n) is 8.06. The van der Waals surface area contributed by atoms with E-state index in [1.807, 2.05) is 39.0 Å². The zero-order valence-corrected chi connectivity index (χ0v) is 14.3. The van der Waals surface area contributed by atoms with Crippen LogP contribution in [0.4, 0.5) is 10.5 Å². The molecule has 0 radical (unpaired) electrons. The van der Waals surface area contributed by atoms with Gasteiger partial charge in [-0.1, -0.05) is 13.8 Å². The number of anilines is 1. The maximum atomic E-state index is 12.0. The highest BCUT2D eigenvalue weighted by atomic mass is 16.3. The molecule has 0 spiro atoms. The number of carbonyl (C=O) groups is 1. The molecule has 1 atom stereocenters. The number of hydrogen-bond donors (Lipinski definition) is 3. The van der Waals surface area contributed by atoms with Gasteiger partial charge in [0.25, 0.3) is 0 Å². The predicted molar refractivity (Wildman–Crippen MR) is 94.7 cm³/mol. The van der Waals surface area contributed by atoms with E-state index in [2.05, 4.69) is 20.6 Å². The number of hydrogen-bond acceptors (Lipinski definition) is 4. The number of rotatable bonds is 6. The molecule has 0 fully saturated rings. The Morgan fingerprint density at radius 2 is 1.92 bits per heavy atom. The van der Waals surface area contributed by atoms with Crippen molar-refractivity contribution in [2.24, 2.45) is 5.92 Å². The van der Waals surface area contributed by atoms with Crippen LogP contribution in [0.3, 0.4) is 0 Å². The molecule has 0 aliphatic heterocycles. The Morgan fingerprint density at radius 1 is 1.21 bits per heavy atom. The maximum absolute atomic E-state index is 12.0. The van der Waals surface area contributed by atoms with Crippen molar-refractivity contribution in [1.82, 2.24) is 15.3 Å². The second kappa shape index (κ2) is 8.40. The van der Waals surface area contributed by atoms with Crippen molar-refractivity contribution in [2.45, 2.75) is 33.2 Å². The summed E-state index contributed by atoms with van der Waals surface area (Å²) in [4.78, 5) is 20.6. The summed E-state index contributed by atoms with van der Waals surface area (Å²) in [6, 6.07) is 8.61. The summed E-state index contributed by atoms with van der Waals surface area (Å²) < 4.78 is 0. The number of aliphatic hydroxyl groups is 1. The third-order valence-electron chi connectivity index (χ3n) is 3.51. The van der Waals surface area contributed by atoms with E-state index < -0.39 is 0 Å². The molecule has 128 valence electrons. The van der Waals surface area contributed by atoms with Crippen LogP contribution in [0, 0.1) is 12.8 Å². The van der Waals surface area contributed by atoms with Crippen molar-refractivity contribution < 1.29 is 9.90 Å². The zero-order chi connectivity index (χ0) is 17.5. The van der Waals surface area contributed by atoms with Crippen LogP contribution < -0.4 is 10.6 Å². The fourth-order valence-corrected chi connectivity index (χ4v) is 2.39. The van der Waals surface area contributed by atoms with E-state index >= 15 is 0 Å². The minimum absolute atomic E-state index is 0.0742. The van der Waals surface area contributed by atoms with Gasteiger partial charge in [-0.05, 0) is 49.6 Å². The SMILES string of the molecule is Cc1ccnc(-c2ccc(NC(=O)N[C@H](CO)CC(C)C)cc2)n1. The van der Waals surface area contributed by atoms with Gasteiger partial charge < -0.3 is 15.7 Å². The number of aryl methyl sites for hydroxylation is 1. The average molecular weight is 328 g/mol. The molecule has 1 aromatic heterocycles. The number of aromatic nitrogens is 2. The molecule has 3 N–H and O–H groups in total. The van der Waals surface area contributed by atoms with E-state index in [4.69, 9.17) is 0 Å². The molecule has 2 rings (SSSR count). The van der Waals surface area contributed by atoms with Gasteiger partial charge in [-0.3, -0.25) is 0 Å². The van der Waals surface area contributed by atoms with Crippen LogP contribution in [0.2, 0.25) is 0 Å². The van der Waals surface area contributed by atoms with Crippen LogP contribution in [0.5, 0.6) is 0 Å². The second-order valence-electron chi connectivity index (χ2n) is 6.21. The molecule has 6 nitrogen and oxygen atoms in total. The molecule has 0 saturated carbocycles. The molecule has 0 bridgehead atoms. The summed E-state index contributed by atoms with van der Waals surface area (Å²) in [5.74, 6) is 1.05. The Morgan fingerprint density at radius 3 is 2.50 bits per heavy atom. The summed E-state index contributed by atoms with van der Waals surface area (Å²) >= 11 is 0. The van der Waals surface area contributed by atoms with Crippen molar-refractivity contribution in [3.8, 4) is 11.4 Å². The quantitative estimate of drug-likeness (QED) is 0.761. The van der Waals surface area contributed by atoms with E-state index in [1.54, 1.807) is 18.3 Å². The molecule has 6 heteroatoms. The topological polar surface area (TPSA) is 87.1 Å². The molecule has 0 aliphatic carbocycles. The lowest BCUT2D eigenvalue weighted by Gasteiger charge is -2.18. The first-order valence-corrected chi connectivity index (χ1v) is 8.06. The number of nitrogens with zero attached hydrogens (tertiary/aromatic N) is 2. The third kappa shape index (κ3) is 5.31.